The number of rotatable bonds is 7. The summed E-state index contributed by atoms with van der Waals surface area (Å²) >= 11 is 0. The van der Waals surface area contributed by atoms with Crippen LogP contribution in [0, 0.1) is 0 Å². The number of methoxy groups -OCH3 is 2. The molecule has 136 valence electrons. The Hall–Kier alpha value is -3.35. The largest absolute Gasteiger partial charge is 0.496 e. The summed E-state index contributed by atoms with van der Waals surface area (Å²) in [6.07, 6.45) is -0.353. The second-order valence-electron chi connectivity index (χ2n) is 5.35. The number of anilines is 1. The van der Waals surface area contributed by atoms with Gasteiger partial charge < -0.3 is 19.5 Å². The Labute approximate surface area is 150 Å². The van der Waals surface area contributed by atoms with Crippen LogP contribution in [0.15, 0.2) is 42.5 Å². The number of benzene rings is 2. The highest BCUT2D eigenvalue weighted by molar-refractivity contribution is 6.01. The Morgan fingerprint density at radius 1 is 0.962 bits per heavy atom. The van der Waals surface area contributed by atoms with E-state index in [1.54, 1.807) is 42.5 Å². The third-order valence-electron chi connectivity index (χ3n) is 3.46. The van der Waals surface area contributed by atoms with Crippen LogP contribution in [0.4, 0.5) is 5.69 Å². The molecular weight excluding hydrogens is 338 g/mol. The van der Waals surface area contributed by atoms with Crippen molar-refractivity contribution >= 4 is 23.3 Å². The van der Waals surface area contributed by atoms with E-state index in [-0.39, 0.29) is 12.2 Å². The number of hydrogen-bond donors (Lipinski definition) is 1. The van der Waals surface area contributed by atoms with Crippen LogP contribution in [-0.2, 0) is 14.3 Å². The van der Waals surface area contributed by atoms with Crippen LogP contribution in [0.3, 0.4) is 0 Å². The van der Waals surface area contributed by atoms with Crippen molar-refractivity contribution in [2.45, 2.75) is 13.3 Å². The SMILES string of the molecule is COC(=O)CC(=O)Nc1ccc(Oc2ccc(OC)c(C(C)=O)c2)cc1. The summed E-state index contributed by atoms with van der Waals surface area (Å²) in [6.45, 7) is 1.45. The lowest BCUT2D eigenvalue weighted by atomic mass is 10.1. The Bertz CT molecular complexity index is 813. The van der Waals surface area contributed by atoms with E-state index in [0.717, 1.165) is 0 Å². The van der Waals surface area contributed by atoms with Gasteiger partial charge in [-0.05, 0) is 49.4 Å². The molecule has 2 rings (SSSR count). The molecule has 0 unspecified atom stereocenters. The van der Waals surface area contributed by atoms with E-state index < -0.39 is 11.9 Å². The van der Waals surface area contributed by atoms with Crippen molar-refractivity contribution in [3.05, 3.63) is 48.0 Å². The minimum atomic E-state index is -0.608. The molecule has 0 saturated carbocycles. The van der Waals surface area contributed by atoms with Gasteiger partial charge in [-0.3, -0.25) is 14.4 Å². The molecule has 0 heterocycles. The highest BCUT2D eigenvalue weighted by Gasteiger charge is 2.11. The molecule has 0 aliphatic heterocycles. The molecule has 0 aliphatic rings. The number of nitrogens with one attached hydrogen (secondary N) is 1. The molecule has 0 saturated heterocycles. The zero-order valence-electron chi connectivity index (χ0n) is 14.7. The minimum absolute atomic E-state index is 0.129. The fraction of sp³-hybridized carbons (Fsp3) is 0.211. The number of Topliss-reactive ketones (excluding diaryl/α,β-unsaturated/α-hetero) is 1. The van der Waals surface area contributed by atoms with Gasteiger partial charge in [-0.25, -0.2) is 0 Å². The molecule has 1 N–H and O–H groups in total. The van der Waals surface area contributed by atoms with Gasteiger partial charge in [0.15, 0.2) is 5.78 Å². The molecule has 0 bridgehead atoms. The van der Waals surface area contributed by atoms with E-state index >= 15 is 0 Å². The second-order valence-corrected chi connectivity index (χ2v) is 5.35. The molecule has 7 heteroatoms. The highest BCUT2D eigenvalue weighted by Crippen LogP contribution is 2.28. The van der Waals surface area contributed by atoms with Crippen molar-refractivity contribution in [3.63, 3.8) is 0 Å². The first-order chi connectivity index (χ1) is 12.4. The van der Waals surface area contributed by atoms with E-state index in [2.05, 4.69) is 10.1 Å². The topological polar surface area (TPSA) is 90.9 Å². The van der Waals surface area contributed by atoms with Crippen molar-refractivity contribution in [2.75, 3.05) is 19.5 Å². The van der Waals surface area contributed by atoms with Crippen LogP contribution in [-0.4, -0.2) is 31.9 Å². The molecule has 0 aromatic heterocycles. The van der Waals surface area contributed by atoms with Gasteiger partial charge in [-0.1, -0.05) is 0 Å². The van der Waals surface area contributed by atoms with Crippen molar-refractivity contribution in [3.8, 4) is 17.2 Å². The standard InChI is InChI=1S/C19H19NO6/c1-12(21)16-10-15(8-9-17(16)24-2)26-14-6-4-13(5-7-14)20-18(22)11-19(23)25-3/h4-10H,11H2,1-3H3,(H,20,22). The average Bonchev–Trinajstić information content (AvgIpc) is 2.63. The Kier molecular flexibility index (Phi) is 6.32. The zero-order chi connectivity index (χ0) is 19.1. The first-order valence-electron chi connectivity index (χ1n) is 7.76. The van der Waals surface area contributed by atoms with Crippen molar-refractivity contribution < 1.29 is 28.6 Å². The van der Waals surface area contributed by atoms with Gasteiger partial charge >= 0.3 is 5.97 Å². The normalized spacial score (nSPS) is 9.96. The predicted molar refractivity (Wildman–Crippen MR) is 94.8 cm³/mol. The van der Waals surface area contributed by atoms with Crippen LogP contribution in [0.5, 0.6) is 17.2 Å². The Morgan fingerprint density at radius 2 is 1.62 bits per heavy atom. The first kappa shape index (κ1) is 19.0. The molecule has 1 amide bonds. The van der Waals surface area contributed by atoms with Gasteiger partial charge in [0, 0.05) is 5.69 Å². The van der Waals surface area contributed by atoms with Crippen LogP contribution in [0.1, 0.15) is 23.7 Å². The van der Waals surface area contributed by atoms with Gasteiger partial charge in [0.2, 0.25) is 5.91 Å². The Balaban J connectivity index is 2.05. The molecule has 0 fully saturated rings. The lowest BCUT2D eigenvalue weighted by molar-refractivity contribution is -0.142. The molecule has 2 aromatic carbocycles. The summed E-state index contributed by atoms with van der Waals surface area (Å²) in [5.41, 5.74) is 0.946. The van der Waals surface area contributed by atoms with Crippen molar-refractivity contribution in [2.24, 2.45) is 0 Å². The summed E-state index contributed by atoms with van der Waals surface area (Å²) in [6, 6.07) is 11.6. The van der Waals surface area contributed by atoms with Gasteiger partial charge in [0.25, 0.3) is 0 Å². The number of amides is 1. The molecular formula is C19H19NO6. The van der Waals surface area contributed by atoms with E-state index in [0.29, 0.717) is 28.5 Å². The smallest absolute Gasteiger partial charge is 0.315 e. The van der Waals surface area contributed by atoms with Gasteiger partial charge in [0.05, 0.1) is 19.8 Å². The minimum Gasteiger partial charge on any atom is -0.496 e. The third kappa shape index (κ3) is 5.07. The number of carbonyl (C=O) groups excluding carboxylic acids is 3. The summed E-state index contributed by atoms with van der Waals surface area (Å²) in [7, 11) is 2.72. The molecule has 0 spiro atoms. The number of esters is 1. The Morgan fingerprint density at radius 3 is 2.19 bits per heavy atom. The molecule has 26 heavy (non-hydrogen) atoms. The monoisotopic (exact) mass is 357 g/mol. The van der Waals surface area contributed by atoms with Crippen LogP contribution in [0.2, 0.25) is 0 Å². The van der Waals surface area contributed by atoms with Crippen LogP contribution < -0.4 is 14.8 Å². The first-order valence-corrected chi connectivity index (χ1v) is 7.76. The maximum Gasteiger partial charge on any atom is 0.315 e. The summed E-state index contributed by atoms with van der Waals surface area (Å²) < 4.78 is 15.3. The van der Waals surface area contributed by atoms with E-state index in [9.17, 15) is 14.4 Å². The van der Waals surface area contributed by atoms with E-state index in [4.69, 9.17) is 9.47 Å². The summed E-state index contributed by atoms with van der Waals surface area (Å²) in [5.74, 6) is 0.286. The zero-order valence-corrected chi connectivity index (χ0v) is 14.7. The number of ketones is 1. The maximum atomic E-state index is 11.7. The fourth-order valence-electron chi connectivity index (χ4n) is 2.18. The predicted octanol–water partition coefficient (Wildman–Crippen LogP) is 3.19. The molecule has 0 aliphatic carbocycles. The lowest BCUT2D eigenvalue weighted by Crippen LogP contribution is -2.17. The number of carbonyl (C=O) groups is 3. The molecule has 7 nitrogen and oxygen atoms in total. The van der Waals surface area contributed by atoms with Crippen LogP contribution in [0.25, 0.3) is 0 Å². The third-order valence-corrected chi connectivity index (χ3v) is 3.46. The lowest BCUT2D eigenvalue weighted by Gasteiger charge is -2.11. The molecule has 0 radical (unpaired) electrons. The summed E-state index contributed by atoms with van der Waals surface area (Å²) in [4.78, 5) is 34.4. The molecule has 2 aromatic rings. The highest BCUT2D eigenvalue weighted by atomic mass is 16.5. The number of hydrogen-bond acceptors (Lipinski definition) is 6. The number of ether oxygens (including phenoxy) is 3. The van der Waals surface area contributed by atoms with Gasteiger partial charge in [-0.15, -0.1) is 0 Å². The fourth-order valence-corrected chi connectivity index (χ4v) is 2.18. The average molecular weight is 357 g/mol. The van der Waals surface area contributed by atoms with Gasteiger partial charge in [-0.2, -0.15) is 0 Å². The van der Waals surface area contributed by atoms with Gasteiger partial charge in [0.1, 0.15) is 23.7 Å². The second kappa shape index (κ2) is 8.66. The van der Waals surface area contributed by atoms with Crippen molar-refractivity contribution in [1.29, 1.82) is 0 Å². The van der Waals surface area contributed by atoms with Crippen LogP contribution >= 0.6 is 0 Å². The van der Waals surface area contributed by atoms with E-state index in [1.165, 1.54) is 21.1 Å². The van der Waals surface area contributed by atoms with E-state index in [1.807, 2.05) is 0 Å². The maximum absolute atomic E-state index is 11.7. The van der Waals surface area contributed by atoms with Crippen molar-refractivity contribution in [1.82, 2.24) is 0 Å². The quantitative estimate of drug-likeness (QED) is 0.465. The molecule has 0 atom stereocenters. The summed E-state index contributed by atoms with van der Waals surface area (Å²) in [5, 5.41) is 2.58.